The minimum atomic E-state index is -0.137. The van der Waals surface area contributed by atoms with Crippen LogP contribution >= 0.6 is 0 Å². The fourth-order valence-electron chi connectivity index (χ4n) is 2.86. The van der Waals surface area contributed by atoms with Crippen molar-refractivity contribution >= 4 is 0 Å². The fraction of sp³-hybridized carbons (Fsp3) is 0.733. The number of hydrogen-bond acceptors (Lipinski definition) is 1. The van der Waals surface area contributed by atoms with E-state index >= 15 is 0 Å². The molecule has 0 unspecified atom stereocenters. The fourth-order valence-corrected chi connectivity index (χ4v) is 2.86. The van der Waals surface area contributed by atoms with Gasteiger partial charge in [-0.2, -0.15) is 0 Å². The highest BCUT2D eigenvalue weighted by molar-refractivity contribution is 5.24. The molecular weight excluding hydrogens is 196 g/mol. The van der Waals surface area contributed by atoms with Crippen molar-refractivity contribution in [3.63, 3.8) is 0 Å². The maximum Gasteiger partial charge on any atom is 0.0585 e. The van der Waals surface area contributed by atoms with E-state index in [9.17, 15) is 5.11 Å². The molecule has 92 valence electrons. The summed E-state index contributed by atoms with van der Waals surface area (Å²) in [6.45, 7) is 11.0. The monoisotopic (exact) mass is 222 g/mol. The highest BCUT2D eigenvalue weighted by atomic mass is 16.3. The lowest BCUT2D eigenvalue weighted by Crippen LogP contribution is -2.29. The molecule has 0 aromatic heterocycles. The van der Waals surface area contributed by atoms with Crippen LogP contribution in [0.3, 0.4) is 0 Å². The Morgan fingerprint density at radius 2 is 2.12 bits per heavy atom. The van der Waals surface area contributed by atoms with Crippen LogP contribution in [0.25, 0.3) is 0 Å². The van der Waals surface area contributed by atoms with Gasteiger partial charge < -0.3 is 5.11 Å². The Hall–Kier alpha value is -0.560. The summed E-state index contributed by atoms with van der Waals surface area (Å²) in [6, 6.07) is 0. The van der Waals surface area contributed by atoms with E-state index in [1.54, 1.807) is 5.57 Å². The lowest BCUT2D eigenvalue weighted by Gasteiger charge is -2.37. The van der Waals surface area contributed by atoms with E-state index < -0.39 is 0 Å². The molecule has 0 fully saturated rings. The topological polar surface area (TPSA) is 20.2 Å². The van der Waals surface area contributed by atoms with Gasteiger partial charge in [0.1, 0.15) is 0 Å². The van der Waals surface area contributed by atoms with Crippen molar-refractivity contribution in [3.8, 4) is 0 Å². The Balaban J connectivity index is 2.79. The zero-order valence-corrected chi connectivity index (χ0v) is 11.4. The van der Waals surface area contributed by atoms with Crippen LogP contribution in [0.15, 0.2) is 22.8 Å². The normalized spacial score (nSPS) is 26.1. The summed E-state index contributed by atoms with van der Waals surface area (Å²) in [7, 11) is 0. The first kappa shape index (κ1) is 13.5. The molecule has 0 saturated carbocycles. The first-order chi connectivity index (χ1) is 7.36. The summed E-state index contributed by atoms with van der Waals surface area (Å²) in [5.74, 6) is 0. The van der Waals surface area contributed by atoms with Crippen LogP contribution in [-0.4, -0.2) is 11.2 Å². The van der Waals surface area contributed by atoms with E-state index in [0.717, 1.165) is 25.7 Å². The predicted molar refractivity (Wildman–Crippen MR) is 70.4 cm³/mol. The second kappa shape index (κ2) is 5.18. The van der Waals surface area contributed by atoms with Gasteiger partial charge in [0.15, 0.2) is 0 Å². The Morgan fingerprint density at radius 1 is 1.50 bits per heavy atom. The first-order valence-electron chi connectivity index (χ1n) is 6.35. The van der Waals surface area contributed by atoms with Gasteiger partial charge in [0.2, 0.25) is 0 Å². The number of aliphatic hydroxyl groups excluding tert-OH is 1. The molecule has 1 atom stereocenters. The average Bonchev–Trinajstić information content (AvgIpc) is 2.14. The van der Waals surface area contributed by atoms with Crippen molar-refractivity contribution in [2.45, 2.75) is 66.4 Å². The quantitative estimate of drug-likeness (QED) is 0.708. The summed E-state index contributed by atoms with van der Waals surface area (Å²) < 4.78 is 0. The third-order valence-corrected chi connectivity index (χ3v) is 3.88. The van der Waals surface area contributed by atoms with E-state index in [2.05, 4.69) is 40.7 Å². The van der Waals surface area contributed by atoms with E-state index in [4.69, 9.17) is 0 Å². The molecule has 16 heavy (non-hydrogen) atoms. The minimum absolute atomic E-state index is 0.137. The molecule has 0 spiro atoms. The number of aliphatic hydroxyl groups is 1. The molecule has 0 aromatic rings. The van der Waals surface area contributed by atoms with Crippen molar-refractivity contribution < 1.29 is 5.11 Å². The smallest absolute Gasteiger partial charge is 0.0585 e. The van der Waals surface area contributed by atoms with Gasteiger partial charge >= 0.3 is 0 Å². The Kier molecular flexibility index (Phi) is 4.37. The Labute approximate surface area is 100 Å². The van der Waals surface area contributed by atoms with Crippen LogP contribution in [0.2, 0.25) is 0 Å². The van der Waals surface area contributed by atoms with Gasteiger partial charge in [0.05, 0.1) is 6.10 Å². The van der Waals surface area contributed by atoms with Gasteiger partial charge in [-0.15, -0.1) is 0 Å². The zero-order valence-electron chi connectivity index (χ0n) is 11.4. The van der Waals surface area contributed by atoms with Crippen molar-refractivity contribution in [2.75, 3.05) is 0 Å². The standard InChI is InChI=1S/C15H26O/c1-6-11(2)7-8-14-12(3)9-13(16)10-15(14,4)5/h6,13,16H,7-10H2,1-5H3/b11-6+/t13-/m1/s1. The van der Waals surface area contributed by atoms with Gasteiger partial charge in [-0.3, -0.25) is 0 Å². The third kappa shape index (κ3) is 3.21. The summed E-state index contributed by atoms with van der Waals surface area (Å²) in [5.41, 5.74) is 4.62. The van der Waals surface area contributed by atoms with E-state index in [-0.39, 0.29) is 11.5 Å². The van der Waals surface area contributed by atoms with Crippen LogP contribution in [0.5, 0.6) is 0 Å². The van der Waals surface area contributed by atoms with Crippen LogP contribution in [0.1, 0.15) is 60.3 Å². The molecule has 0 amide bonds. The molecule has 0 saturated heterocycles. The van der Waals surface area contributed by atoms with E-state index in [0.29, 0.717) is 0 Å². The zero-order chi connectivity index (χ0) is 12.3. The molecule has 1 aliphatic carbocycles. The molecule has 0 aliphatic heterocycles. The van der Waals surface area contributed by atoms with Gasteiger partial charge in [-0.25, -0.2) is 0 Å². The van der Waals surface area contributed by atoms with Crippen molar-refractivity contribution in [2.24, 2.45) is 5.41 Å². The largest absolute Gasteiger partial charge is 0.393 e. The lowest BCUT2D eigenvalue weighted by atomic mass is 9.70. The summed E-state index contributed by atoms with van der Waals surface area (Å²) >= 11 is 0. The molecule has 0 bridgehead atoms. The molecule has 0 radical (unpaired) electrons. The van der Waals surface area contributed by atoms with Crippen LogP contribution in [0.4, 0.5) is 0 Å². The first-order valence-corrected chi connectivity index (χ1v) is 6.35. The van der Waals surface area contributed by atoms with Crippen molar-refractivity contribution in [1.29, 1.82) is 0 Å². The van der Waals surface area contributed by atoms with E-state index in [1.165, 1.54) is 11.1 Å². The second-order valence-electron chi connectivity index (χ2n) is 5.84. The highest BCUT2D eigenvalue weighted by Gasteiger charge is 2.32. The Bertz CT molecular complexity index is 307. The SMILES string of the molecule is C/C=C(\C)CCC1=C(C)C[C@@H](O)CC1(C)C. The minimum Gasteiger partial charge on any atom is -0.393 e. The van der Waals surface area contributed by atoms with Gasteiger partial charge in [-0.1, -0.05) is 36.6 Å². The molecule has 0 aromatic carbocycles. The highest BCUT2D eigenvalue weighted by Crippen LogP contribution is 2.42. The Morgan fingerprint density at radius 3 is 2.62 bits per heavy atom. The maximum absolute atomic E-state index is 9.81. The molecule has 1 aliphatic rings. The molecule has 1 N–H and O–H groups in total. The molecule has 1 nitrogen and oxygen atoms in total. The van der Waals surface area contributed by atoms with Crippen LogP contribution in [0, 0.1) is 5.41 Å². The van der Waals surface area contributed by atoms with Crippen molar-refractivity contribution in [1.82, 2.24) is 0 Å². The molecule has 1 rings (SSSR count). The maximum atomic E-state index is 9.81. The lowest BCUT2D eigenvalue weighted by molar-refractivity contribution is 0.113. The summed E-state index contributed by atoms with van der Waals surface area (Å²) in [6.07, 6.45) is 6.15. The number of allylic oxidation sites excluding steroid dienone is 3. The van der Waals surface area contributed by atoms with Crippen LogP contribution < -0.4 is 0 Å². The molecule has 0 heterocycles. The number of rotatable bonds is 3. The second-order valence-corrected chi connectivity index (χ2v) is 5.84. The van der Waals surface area contributed by atoms with Gasteiger partial charge in [0, 0.05) is 0 Å². The van der Waals surface area contributed by atoms with Crippen molar-refractivity contribution in [3.05, 3.63) is 22.8 Å². The predicted octanol–water partition coefficient (Wildman–Crippen LogP) is 4.23. The average molecular weight is 222 g/mol. The summed E-state index contributed by atoms with van der Waals surface area (Å²) in [4.78, 5) is 0. The van der Waals surface area contributed by atoms with Gasteiger partial charge in [0.25, 0.3) is 0 Å². The number of hydrogen-bond donors (Lipinski definition) is 1. The molecule has 1 heteroatoms. The van der Waals surface area contributed by atoms with E-state index in [1.807, 2.05) is 0 Å². The molecular formula is C15H26O. The van der Waals surface area contributed by atoms with Crippen LogP contribution in [-0.2, 0) is 0 Å². The van der Waals surface area contributed by atoms with Gasteiger partial charge in [-0.05, 0) is 51.9 Å². The summed E-state index contributed by atoms with van der Waals surface area (Å²) in [5, 5.41) is 9.81. The third-order valence-electron chi connectivity index (χ3n) is 3.88.